The lowest BCUT2D eigenvalue weighted by molar-refractivity contribution is -0.151. The van der Waals surface area contributed by atoms with Crippen LogP contribution in [0.3, 0.4) is 0 Å². The van der Waals surface area contributed by atoms with Crippen molar-refractivity contribution in [1.29, 1.82) is 0 Å². The number of hydrazine groups is 1. The number of benzene rings is 1. The van der Waals surface area contributed by atoms with Gasteiger partial charge in [-0.25, -0.2) is 9.40 Å². The van der Waals surface area contributed by atoms with Crippen molar-refractivity contribution in [3.05, 3.63) is 40.5 Å². The molecule has 0 aliphatic carbocycles. The Bertz CT molecular complexity index is 709. The summed E-state index contributed by atoms with van der Waals surface area (Å²) in [7, 11) is 2.81. The smallest absolute Gasteiger partial charge is 0.304 e. The number of likely N-dealkylation sites (N-methyl/N-ethyl adjacent to an activating group) is 1. The Hall–Kier alpha value is -2.16. The number of ether oxygens (including phenoxy) is 2. The highest BCUT2D eigenvalue weighted by atomic mass is 35.5. The number of nitrogens with zero attached hydrogens (tertiary/aromatic N) is 2. The zero-order chi connectivity index (χ0) is 18.0. The molecule has 1 aliphatic heterocycles. The van der Waals surface area contributed by atoms with E-state index in [0.29, 0.717) is 0 Å². The molecule has 0 fully saturated rings. The number of carbonyl (C=O) groups excluding carboxylic acids is 2. The molecule has 1 atom stereocenters. The number of Topliss-reactive ketones (excluding diaryl/α,β-unsaturated/α-hetero) is 1. The summed E-state index contributed by atoms with van der Waals surface area (Å²) in [6, 6.07) is 3.55. The van der Waals surface area contributed by atoms with Gasteiger partial charge < -0.3 is 14.6 Å². The van der Waals surface area contributed by atoms with E-state index in [-0.39, 0.29) is 22.9 Å². The molecule has 0 radical (unpaired) electrons. The normalized spacial score (nSPS) is 18.2. The number of carbonyl (C=O) groups is 2. The molecule has 1 N–H and O–H groups in total. The Morgan fingerprint density at radius 2 is 2.08 bits per heavy atom. The van der Waals surface area contributed by atoms with Gasteiger partial charge in [0.05, 0.1) is 10.7 Å². The molecule has 9 heteroatoms. The number of aliphatic hydroxyl groups excluding tert-OH is 1. The van der Waals surface area contributed by atoms with Gasteiger partial charge in [-0.1, -0.05) is 11.6 Å². The van der Waals surface area contributed by atoms with Crippen LogP contribution in [0.5, 0.6) is 0 Å². The molecule has 1 aliphatic rings. The van der Waals surface area contributed by atoms with Crippen LogP contribution in [0.2, 0.25) is 5.02 Å². The Morgan fingerprint density at radius 3 is 2.62 bits per heavy atom. The second kappa shape index (κ2) is 7.16. The SMILES string of the molecule is COCC(=O)C1=C(O)N(c2ccc(F)cc2Cl)N(C)C1OC(C)=O. The van der Waals surface area contributed by atoms with Crippen molar-refractivity contribution in [2.24, 2.45) is 0 Å². The van der Waals surface area contributed by atoms with Crippen LogP contribution in [-0.2, 0) is 19.1 Å². The lowest BCUT2D eigenvalue weighted by Gasteiger charge is -2.30. The molecule has 130 valence electrons. The first-order chi connectivity index (χ1) is 11.3. The number of aliphatic hydroxyl groups is 1. The Morgan fingerprint density at radius 1 is 1.42 bits per heavy atom. The van der Waals surface area contributed by atoms with Crippen LogP contribution in [0.1, 0.15) is 6.92 Å². The number of esters is 1. The summed E-state index contributed by atoms with van der Waals surface area (Å²) < 4.78 is 23.2. The van der Waals surface area contributed by atoms with Crippen molar-refractivity contribution in [1.82, 2.24) is 5.01 Å². The minimum atomic E-state index is -1.16. The number of ketones is 1. The van der Waals surface area contributed by atoms with E-state index >= 15 is 0 Å². The molecule has 0 saturated heterocycles. The minimum absolute atomic E-state index is 0.00964. The summed E-state index contributed by atoms with van der Waals surface area (Å²) in [6.07, 6.45) is -1.16. The van der Waals surface area contributed by atoms with Crippen molar-refractivity contribution < 1.29 is 28.6 Å². The van der Waals surface area contributed by atoms with Gasteiger partial charge in [0.2, 0.25) is 12.1 Å². The fourth-order valence-electron chi connectivity index (χ4n) is 2.37. The predicted octanol–water partition coefficient (Wildman–Crippen LogP) is 2.02. The van der Waals surface area contributed by atoms with Crippen LogP contribution < -0.4 is 5.01 Å². The van der Waals surface area contributed by atoms with Crippen molar-refractivity contribution >= 4 is 29.0 Å². The van der Waals surface area contributed by atoms with Gasteiger partial charge >= 0.3 is 5.97 Å². The van der Waals surface area contributed by atoms with E-state index in [0.717, 1.165) is 17.1 Å². The summed E-state index contributed by atoms with van der Waals surface area (Å²) in [5.74, 6) is -2.23. The van der Waals surface area contributed by atoms with Gasteiger partial charge in [-0.3, -0.25) is 9.59 Å². The first-order valence-electron chi connectivity index (χ1n) is 6.88. The van der Waals surface area contributed by atoms with Crippen molar-refractivity contribution in [2.45, 2.75) is 13.2 Å². The molecule has 24 heavy (non-hydrogen) atoms. The molecule has 1 aromatic carbocycles. The number of methoxy groups -OCH3 is 1. The van der Waals surface area contributed by atoms with Gasteiger partial charge in [0.25, 0.3) is 0 Å². The largest absolute Gasteiger partial charge is 0.493 e. The third-order valence-electron chi connectivity index (χ3n) is 3.33. The highest BCUT2D eigenvalue weighted by Crippen LogP contribution is 2.37. The van der Waals surface area contributed by atoms with Crippen molar-refractivity contribution in [2.75, 3.05) is 25.8 Å². The number of anilines is 1. The molecule has 1 heterocycles. The quantitative estimate of drug-likeness (QED) is 0.806. The van der Waals surface area contributed by atoms with Crippen LogP contribution in [-0.4, -0.2) is 48.9 Å². The van der Waals surface area contributed by atoms with Gasteiger partial charge in [0.15, 0.2) is 5.78 Å². The third-order valence-corrected chi connectivity index (χ3v) is 3.64. The Balaban J connectivity index is 2.52. The van der Waals surface area contributed by atoms with E-state index < -0.39 is 29.7 Å². The number of hydrogen-bond acceptors (Lipinski definition) is 7. The van der Waals surface area contributed by atoms with Gasteiger partial charge in [-0.05, 0) is 18.2 Å². The Kier molecular flexibility index (Phi) is 5.43. The van der Waals surface area contributed by atoms with Gasteiger partial charge in [-0.15, -0.1) is 0 Å². The monoisotopic (exact) mass is 358 g/mol. The maximum Gasteiger partial charge on any atom is 0.304 e. The number of halogens is 2. The van der Waals surface area contributed by atoms with Crippen LogP contribution in [0.15, 0.2) is 29.7 Å². The standard InChI is InChI=1S/C15H16ClFN2O5/c1-8(20)24-15-13(12(21)7-23-3)14(22)19(18(15)2)11-5-4-9(17)6-10(11)16/h4-6,15,22H,7H2,1-3H3. The fourth-order valence-corrected chi connectivity index (χ4v) is 2.61. The van der Waals surface area contributed by atoms with Gasteiger partial charge in [0.1, 0.15) is 18.0 Å². The highest BCUT2D eigenvalue weighted by Gasteiger charge is 2.43. The van der Waals surface area contributed by atoms with E-state index in [2.05, 4.69) is 0 Å². The molecule has 0 aromatic heterocycles. The zero-order valence-corrected chi connectivity index (χ0v) is 14.0. The average Bonchev–Trinajstić information content (AvgIpc) is 2.71. The highest BCUT2D eigenvalue weighted by molar-refractivity contribution is 6.33. The fraction of sp³-hybridized carbons (Fsp3) is 0.333. The third kappa shape index (κ3) is 3.35. The maximum atomic E-state index is 13.3. The predicted molar refractivity (Wildman–Crippen MR) is 83.7 cm³/mol. The molecule has 0 amide bonds. The molecule has 1 unspecified atom stereocenters. The van der Waals surface area contributed by atoms with Crippen LogP contribution in [0, 0.1) is 5.82 Å². The van der Waals surface area contributed by atoms with E-state index in [4.69, 9.17) is 21.1 Å². The van der Waals surface area contributed by atoms with E-state index in [1.165, 1.54) is 32.2 Å². The molecular formula is C15H16ClFN2O5. The van der Waals surface area contributed by atoms with E-state index in [9.17, 15) is 19.1 Å². The van der Waals surface area contributed by atoms with Crippen molar-refractivity contribution in [3.8, 4) is 0 Å². The first-order valence-corrected chi connectivity index (χ1v) is 7.26. The molecular weight excluding hydrogens is 343 g/mol. The minimum Gasteiger partial charge on any atom is -0.493 e. The topological polar surface area (TPSA) is 79.3 Å². The lowest BCUT2D eigenvalue weighted by atomic mass is 10.1. The second-order valence-electron chi connectivity index (χ2n) is 5.04. The molecule has 7 nitrogen and oxygen atoms in total. The van der Waals surface area contributed by atoms with Gasteiger partial charge in [0, 0.05) is 21.1 Å². The summed E-state index contributed by atoms with van der Waals surface area (Å²) in [6.45, 7) is 0.868. The second-order valence-corrected chi connectivity index (χ2v) is 5.44. The summed E-state index contributed by atoms with van der Waals surface area (Å²) >= 11 is 6.02. The number of hydrogen-bond donors (Lipinski definition) is 1. The van der Waals surface area contributed by atoms with Crippen molar-refractivity contribution in [3.63, 3.8) is 0 Å². The Labute approximate surface area is 142 Å². The van der Waals surface area contributed by atoms with Crippen LogP contribution in [0.4, 0.5) is 10.1 Å². The molecule has 0 saturated carbocycles. The zero-order valence-electron chi connectivity index (χ0n) is 13.2. The maximum absolute atomic E-state index is 13.3. The summed E-state index contributed by atoms with van der Waals surface area (Å²) in [5.41, 5.74) is 0.0605. The van der Waals surface area contributed by atoms with E-state index in [1.54, 1.807) is 0 Å². The molecule has 0 bridgehead atoms. The summed E-state index contributed by atoms with van der Waals surface area (Å²) in [5, 5.41) is 13.0. The van der Waals surface area contributed by atoms with Crippen LogP contribution in [0.25, 0.3) is 0 Å². The van der Waals surface area contributed by atoms with Crippen LogP contribution >= 0.6 is 11.6 Å². The van der Waals surface area contributed by atoms with E-state index in [1.807, 2.05) is 0 Å². The lowest BCUT2D eigenvalue weighted by Crippen LogP contribution is -2.42. The first kappa shape index (κ1) is 18.2. The number of rotatable bonds is 5. The summed E-state index contributed by atoms with van der Waals surface area (Å²) in [4.78, 5) is 23.6. The molecule has 0 spiro atoms. The molecule has 1 aromatic rings. The molecule has 2 rings (SSSR count). The van der Waals surface area contributed by atoms with Gasteiger partial charge in [-0.2, -0.15) is 5.01 Å². The average molecular weight is 359 g/mol.